The molecule has 4 nitrogen and oxygen atoms in total. The van der Waals surface area contributed by atoms with Crippen molar-refractivity contribution in [1.29, 1.82) is 5.26 Å². The van der Waals surface area contributed by atoms with Gasteiger partial charge in [-0.05, 0) is 52.5 Å². The van der Waals surface area contributed by atoms with Crippen LogP contribution in [0.1, 0.15) is 50.6 Å². The molecule has 0 aliphatic rings. The number of nitrogens with two attached hydrogens (primary N) is 1. The van der Waals surface area contributed by atoms with Crippen molar-refractivity contribution >= 4 is 0 Å². The van der Waals surface area contributed by atoms with Crippen molar-refractivity contribution in [3.05, 3.63) is 17.0 Å². The summed E-state index contributed by atoms with van der Waals surface area (Å²) in [5.41, 5.74) is 9.26. The van der Waals surface area contributed by atoms with Crippen LogP contribution in [0.15, 0.2) is 0 Å². The van der Waals surface area contributed by atoms with Crippen molar-refractivity contribution in [3.63, 3.8) is 0 Å². The third kappa shape index (κ3) is 4.07. The van der Waals surface area contributed by atoms with Crippen molar-refractivity contribution in [3.8, 4) is 6.07 Å². The summed E-state index contributed by atoms with van der Waals surface area (Å²) < 4.78 is 2.02. The molecule has 1 rings (SSSR count). The monoisotopic (exact) mass is 262 g/mol. The van der Waals surface area contributed by atoms with Gasteiger partial charge in [0, 0.05) is 18.3 Å². The van der Waals surface area contributed by atoms with Crippen LogP contribution in [-0.2, 0) is 13.0 Å². The van der Waals surface area contributed by atoms with E-state index in [0.717, 1.165) is 31.5 Å². The Morgan fingerprint density at radius 3 is 2.58 bits per heavy atom. The lowest BCUT2D eigenvalue weighted by atomic mass is 9.91. The molecule has 0 spiro atoms. The Balaban J connectivity index is 2.82. The molecule has 1 atom stereocenters. The van der Waals surface area contributed by atoms with Crippen LogP contribution in [0.2, 0.25) is 0 Å². The largest absolute Gasteiger partial charge is 0.327 e. The average molecular weight is 262 g/mol. The molecule has 19 heavy (non-hydrogen) atoms. The third-order valence-corrected chi connectivity index (χ3v) is 3.77. The fraction of sp³-hybridized carbons (Fsp3) is 0.733. The molecule has 1 aromatic heterocycles. The van der Waals surface area contributed by atoms with Crippen LogP contribution >= 0.6 is 0 Å². The summed E-state index contributed by atoms with van der Waals surface area (Å²) in [6, 6.07) is 2.53. The van der Waals surface area contributed by atoms with Gasteiger partial charge < -0.3 is 5.73 Å². The molecule has 1 aromatic rings. The Bertz CT molecular complexity index is 465. The van der Waals surface area contributed by atoms with E-state index in [1.165, 1.54) is 11.3 Å². The zero-order valence-corrected chi connectivity index (χ0v) is 12.8. The molecule has 0 aromatic carbocycles. The Morgan fingerprint density at radius 2 is 2.05 bits per heavy atom. The third-order valence-electron chi connectivity index (χ3n) is 3.77. The molecule has 0 aliphatic heterocycles. The molecule has 0 saturated carbocycles. The van der Waals surface area contributed by atoms with Crippen molar-refractivity contribution in [2.45, 2.75) is 66.5 Å². The van der Waals surface area contributed by atoms with E-state index < -0.39 is 0 Å². The number of rotatable bonds is 6. The maximum Gasteiger partial charge on any atom is 0.0684 e. The van der Waals surface area contributed by atoms with E-state index in [9.17, 15) is 0 Å². The first-order chi connectivity index (χ1) is 8.80. The lowest BCUT2D eigenvalue weighted by Gasteiger charge is -2.15. The highest BCUT2D eigenvalue weighted by Gasteiger charge is 2.19. The molecular formula is C15H26N4. The second-order valence-electron chi connectivity index (χ2n) is 5.99. The fourth-order valence-electron chi connectivity index (χ4n) is 2.09. The first kappa shape index (κ1) is 15.7. The summed E-state index contributed by atoms with van der Waals surface area (Å²) in [6.07, 6.45) is 2.67. The van der Waals surface area contributed by atoms with Crippen LogP contribution in [-0.4, -0.2) is 15.8 Å². The summed E-state index contributed by atoms with van der Waals surface area (Å²) in [5, 5.41) is 13.6. The van der Waals surface area contributed by atoms with Gasteiger partial charge in [-0.1, -0.05) is 6.92 Å². The minimum atomic E-state index is -0.299. The lowest BCUT2D eigenvalue weighted by molar-refractivity contribution is 0.395. The molecule has 0 fully saturated rings. The van der Waals surface area contributed by atoms with E-state index in [-0.39, 0.29) is 11.5 Å². The number of nitrogens with zero attached hydrogens (tertiary/aromatic N) is 3. The van der Waals surface area contributed by atoms with Crippen molar-refractivity contribution in [1.82, 2.24) is 9.78 Å². The molecule has 0 amide bonds. The number of aromatic nitrogens is 2. The van der Waals surface area contributed by atoms with E-state index in [1.807, 2.05) is 25.5 Å². The van der Waals surface area contributed by atoms with Gasteiger partial charge in [0.2, 0.25) is 0 Å². The van der Waals surface area contributed by atoms with E-state index in [0.29, 0.717) is 0 Å². The fourth-order valence-corrected chi connectivity index (χ4v) is 2.09. The highest BCUT2D eigenvalue weighted by atomic mass is 15.3. The quantitative estimate of drug-likeness (QED) is 0.857. The number of aryl methyl sites for hydroxylation is 2. The highest BCUT2D eigenvalue weighted by Crippen LogP contribution is 2.22. The summed E-state index contributed by atoms with van der Waals surface area (Å²) in [6.45, 7) is 11.0. The van der Waals surface area contributed by atoms with Gasteiger partial charge in [-0.25, -0.2) is 0 Å². The predicted molar refractivity (Wildman–Crippen MR) is 77.7 cm³/mol. The summed E-state index contributed by atoms with van der Waals surface area (Å²) in [7, 11) is 0. The summed E-state index contributed by atoms with van der Waals surface area (Å²) >= 11 is 0. The van der Waals surface area contributed by atoms with Gasteiger partial charge in [0.05, 0.1) is 17.2 Å². The Labute approximate surface area is 116 Å². The number of hydrogen-bond acceptors (Lipinski definition) is 3. The second-order valence-corrected chi connectivity index (χ2v) is 5.99. The van der Waals surface area contributed by atoms with E-state index >= 15 is 0 Å². The summed E-state index contributed by atoms with van der Waals surface area (Å²) in [5.74, 6) is 0. The molecular weight excluding hydrogens is 236 g/mol. The van der Waals surface area contributed by atoms with Crippen molar-refractivity contribution in [2.24, 2.45) is 11.1 Å². The highest BCUT2D eigenvalue weighted by molar-refractivity contribution is 5.25. The van der Waals surface area contributed by atoms with Gasteiger partial charge >= 0.3 is 0 Å². The molecule has 1 heterocycles. The van der Waals surface area contributed by atoms with Crippen LogP contribution in [0, 0.1) is 30.6 Å². The molecule has 2 N–H and O–H groups in total. The molecule has 0 radical (unpaired) electrons. The van der Waals surface area contributed by atoms with Gasteiger partial charge in [0.1, 0.15) is 0 Å². The van der Waals surface area contributed by atoms with Crippen LogP contribution in [0.4, 0.5) is 0 Å². The SMILES string of the molecule is CCC(N)Cc1c(C)nn(CCC(C)(C)C#N)c1C. The smallest absolute Gasteiger partial charge is 0.0684 e. The van der Waals surface area contributed by atoms with Gasteiger partial charge in [-0.2, -0.15) is 10.4 Å². The van der Waals surface area contributed by atoms with Gasteiger partial charge in [0.15, 0.2) is 0 Å². The molecule has 0 bridgehead atoms. The second kappa shape index (κ2) is 6.21. The zero-order chi connectivity index (χ0) is 14.6. The maximum atomic E-state index is 9.06. The predicted octanol–water partition coefficient (Wildman–Crippen LogP) is 2.72. The minimum absolute atomic E-state index is 0.200. The first-order valence-electron chi connectivity index (χ1n) is 7.00. The standard InChI is InChI=1S/C15H26N4/c1-6-13(17)9-14-11(2)18-19(12(14)3)8-7-15(4,5)10-16/h13H,6-9,17H2,1-5H3. The van der Waals surface area contributed by atoms with Crippen molar-refractivity contribution < 1.29 is 0 Å². The normalized spacial score (nSPS) is 13.3. The van der Waals surface area contributed by atoms with Crippen LogP contribution < -0.4 is 5.73 Å². The Morgan fingerprint density at radius 1 is 1.42 bits per heavy atom. The lowest BCUT2D eigenvalue weighted by Crippen LogP contribution is -2.22. The molecule has 4 heteroatoms. The zero-order valence-electron chi connectivity index (χ0n) is 12.8. The molecule has 0 aliphatic carbocycles. The van der Waals surface area contributed by atoms with Crippen LogP contribution in [0.3, 0.4) is 0 Å². The molecule has 1 unspecified atom stereocenters. The molecule has 106 valence electrons. The van der Waals surface area contributed by atoms with Gasteiger partial charge in [-0.15, -0.1) is 0 Å². The Hall–Kier alpha value is -1.34. The van der Waals surface area contributed by atoms with Crippen molar-refractivity contribution in [2.75, 3.05) is 0 Å². The maximum absolute atomic E-state index is 9.06. The number of hydrogen-bond donors (Lipinski definition) is 1. The van der Waals surface area contributed by atoms with E-state index in [4.69, 9.17) is 11.0 Å². The molecule has 0 saturated heterocycles. The van der Waals surface area contributed by atoms with Crippen LogP contribution in [0.5, 0.6) is 0 Å². The summed E-state index contributed by atoms with van der Waals surface area (Å²) in [4.78, 5) is 0. The average Bonchev–Trinajstić information content (AvgIpc) is 2.64. The van der Waals surface area contributed by atoms with Gasteiger partial charge in [-0.3, -0.25) is 4.68 Å². The minimum Gasteiger partial charge on any atom is -0.327 e. The van der Waals surface area contributed by atoms with E-state index in [1.54, 1.807) is 0 Å². The first-order valence-corrected chi connectivity index (χ1v) is 7.00. The topological polar surface area (TPSA) is 67.6 Å². The number of nitriles is 1. The van der Waals surface area contributed by atoms with E-state index in [2.05, 4.69) is 25.0 Å². The Kier molecular flexibility index (Phi) is 5.13. The van der Waals surface area contributed by atoms with Crippen LogP contribution in [0.25, 0.3) is 0 Å². The van der Waals surface area contributed by atoms with Gasteiger partial charge in [0.25, 0.3) is 0 Å².